The lowest BCUT2D eigenvalue weighted by atomic mass is 10.4. The summed E-state index contributed by atoms with van der Waals surface area (Å²) in [6, 6.07) is 1.82. The lowest BCUT2D eigenvalue weighted by Crippen LogP contribution is -2.05. The van der Waals surface area contributed by atoms with Crippen LogP contribution >= 0.6 is 0 Å². The largest absolute Gasteiger partial charge is 0.373 e. The van der Waals surface area contributed by atoms with E-state index in [9.17, 15) is 0 Å². The fourth-order valence-corrected chi connectivity index (χ4v) is 1.36. The van der Waals surface area contributed by atoms with E-state index in [0.29, 0.717) is 24.1 Å². The molecule has 0 aliphatic carbocycles. The maximum atomic E-state index is 4.99. The molecule has 0 aliphatic heterocycles. The molecule has 0 aromatic carbocycles. The van der Waals surface area contributed by atoms with Gasteiger partial charge in [-0.1, -0.05) is 5.16 Å². The molecule has 7 heteroatoms. The molecule has 90 valence electrons. The van der Waals surface area contributed by atoms with Crippen molar-refractivity contribution >= 4 is 11.6 Å². The van der Waals surface area contributed by atoms with Crippen molar-refractivity contribution in [3.63, 3.8) is 0 Å². The minimum atomic E-state index is 0.445. The van der Waals surface area contributed by atoms with Gasteiger partial charge in [0.15, 0.2) is 5.82 Å². The van der Waals surface area contributed by atoms with Gasteiger partial charge in [-0.25, -0.2) is 9.97 Å². The van der Waals surface area contributed by atoms with E-state index in [1.165, 1.54) is 0 Å². The molecule has 0 bridgehead atoms. The molecule has 2 aromatic rings. The fraction of sp³-hybridized carbons (Fsp3) is 0.400. The van der Waals surface area contributed by atoms with Gasteiger partial charge in [0.05, 0.1) is 6.54 Å². The summed E-state index contributed by atoms with van der Waals surface area (Å²) in [6.07, 6.45) is 0. The molecule has 0 saturated heterocycles. The molecule has 17 heavy (non-hydrogen) atoms. The summed E-state index contributed by atoms with van der Waals surface area (Å²) in [5.74, 6) is 3.34. The molecule has 0 aliphatic rings. The Hall–Kier alpha value is -2.18. The van der Waals surface area contributed by atoms with Gasteiger partial charge in [-0.2, -0.15) is 4.98 Å². The highest BCUT2D eigenvalue weighted by molar-refractivity contribution is 5.46. The molecule has 0 saturated carbocycles. The van der Waals surface area contributed by atoms with E-state index >= 15 is 0 Å². The maximum Gasteiger partial charge on any atom is 0.245 e. The summed E-state index contributed by atoms with van der Waals surface area (Å²) in [5.41, 5.74) is 0. The van der Waals surface area contributed by atoms with Crippen LogP contribution in [0.1, 0.15) is 17.5 Å². The lowest BCUT2D eigenvalue weighted by Gasteiger charge is -2.06. The second-order valence-electron chi connectivity index (χ2n) is 3.52. The minimum absolute atomic E-state index is 0.445. The second-order valence-corrected chi connectivity index (χ2v) is 3.52. The standard InChI is InChI=1S/C10H14N6O/c1-6-13-8(11-3)4-9(14-6)12-5-10-15-7(2)16-17-10/h4H,5H2,1-3H3,(H2,11,12,13,14). The number of hydrogen-bond acceptors (Lipinski definition) is 7. The molecule has 0 unspecified atom stereocenters. The lowest BCUT2D eigenvalue weighted by molar-refractivity contribution is 0.379. The van der Waals surface area contributed by atoms with Gasteiger partial charge in [0.25, 0.3) is 0 Å². The number of anilines is 2. The van der Waals surface area contributed by atoms with Crippen molar-refractivity contribution in [1.29, 1.82) is 0 Å². The number of hydrogen-bond donors (Lipinski definition) is 2. The topological polar surface area (TPSA) is 88.8 Å². The average molecular weight is 234 g/mol. The third-order valence-corrected chi connectivity index (χ3v) is 2.08. The molecule has 7 nitrogen and oxygen atoms in total. The zero-order valence-corrected chi connectivity index (χ0v) is 9.98. The third kappa shape index (κ3) is 2.90. The highest BCUT2D eigenvalue weighted by Gasteiger charge is 2.04. The Labute approximate surface area is 98.7 Å². The normalized spacial score (nSPS) is 10.3. The van der Waals surface area contributed by atoms with E-state index in [1.54, 1.807) is 6.92 Å². The summed E-state index contributed by atoms with van der Waals surface area (Å²) < 4.78 is 4.99. The zero-order chi connectivity index (χ0) is 12.3. The highest BCUT2D eigenvalue weighted by atomic mass is 16.5. The van der Waals surface area contributed by atoms with Crippen LogP contribution in [0.5, 0.6) is 0 Å². The SMILES string of the molecule is CNc1cc(NCc2nc(C)no2)nc(C)n1. The molecular weight excluding hydrogens is 220 g/mol. The first kappa shape index (κ1) is 11.3. The highest BCUT2D eigenvalue weighted by Crippen LogP contribution is 2.11. The Balaban J connectivity index is 2.05. The van der Waals surface area contributed by atoms with Gasteiger partial charge < -0.3 is 15.2 Å². The van der Waals surface area contributed by atoms with E-state index in [0.717, 1.165) is 11.6 Å². The van der Waals surface area contributed by atoms with Crippen LogP contribution < -0.4 is 10.6 Å². The molecule has 0 fully saturated rings. The summed E-state index contributed by atoms with van der Waals surface area (Å²) in [4.78, 5) is 12.5. The van der Waals surface area contributed by atoms with Crippen LogP contribution in [0.3, 0.4) is 0 Å². The molecule has 2 aromatic heterocycles. The first-order valence-corrected chi connectivity index (χ1v) is 5.24. The molecule has 0 amide bonds. The van der Waals surface area contributed by atoms with Crippen molar-refractivity contribution in [2.45, 2.75) is 20.4 Å². The van der Waals surface area contributed by atoms with Crippen LogP contribution in [0.15, 0.2) is 10.6 Å². The first-order valence-electron chi connectivity index (χ1n) is 5.24. The molecule has 0 atom stereocenters. The molecule has 2 rings (SSSR count). The molecule has 2 N–H and O–H groups in total. The van der Waals surface area contributed by atoms with Crippen molar-refractivity contribution in [1.82, 2.24) is 20.1 Å². The van der Waals surface area contributed by atoms with Gasteiger partial charge in [-0.3, -0.25) is 0 Å². The minimum Gasteiger partial charge on any atom is -0.373 e. The Morgan fingerprint density at radius 3 is 2.53 bits per heavy atom. The number of rotatable bonds is 4. The van der Waals surface area contributed by atoms with E-state index in [4.69, 9.17) is 4.52 Å². The number of nitrogens with zero attached hydrogens (tertiary/aromatic N) is 4. The third-order valence-electron chi connectivity index (χ3n) is 2.08. The van der Waals surface area contributed by atoms with E-state index in [2.05, 4.69) is 30.7 Å². The molecule has 2 heterocycles. The van der Waals surface area contributed by atoms with Crippen LogP contribution in [-0.2, 0) is 6.54 Å². The van der Waals surface area contributed by atoms with Crippen LogP contribution in [-0.4, -0.2) is 27.2 Å². The van der Waals surface area contributed by atoms with Crippen LogP contribution in [0.2, 0.25) is 0 Å². The van der Waals surface area contributed by atoms with Crippen LogP contribution in [0, 0.1) is 13.8 Å². The van der Waals surface area contributed by atoms with Crippen molar-refractivity contribution < 1.29 is 4.52 Å². The van der Waals surface area contributed by atoms with Crippen molar-refractivity contribution in [3.05, 3.63) is 23.6 Å². The summed E-state index contributed by atoms with van der Waals surface area (Å²) in [5, 5.41) is 9.78. The smallest absolute Gasteiger partial charge is 0.245 e. The van der Waals surface area contributed by atoms with E-state index in [1.807, 2.05) is 20.0 Å². The van der Waals surface area contributed by atoms with E-state index in [-0.39, 0.29) is 0 Å². The number of aromatic nitrogens is 4. The summed E-state index contributed by atoms with van der Waals surface area (Å²) in [7, 11) is 1.81. The van der Waals surface area contributed by atoms with Crippen LogP contribution in [0.25, 0.3) is 0 Å². The van der Waals surface area contributed by atoms with Gasteiger partial charge in [0.1, 0.15) is 17.5 Å². The Morgan fingerprint density at radius 2 is 1.88 bits per heavy atom. The van der Waals surface area contributed by atoms with Gasteiger partial charge in [-0.05, 0) is 13.8 Å². The monoisotopic (exact) mass is 234 g/mol. The average Bonchev–Trinajstić information content (AvgIpc) is 2.72. The number of aryl methyl sites for hydroxylation is 2. The van der Waals surface area contributed by atoms with E-state index < -0.39 is 0 Å². The zero-order valence-electron chi connectivity index (χ0n) is 9.98. The molecule has 0 spiro atoms. The summed E-state index contributed by atoms with van der Waals surface area (Å²) in [6.45, 7) is 4.06. The van der Waals surface area contributed by atoms with Gasteiger partial charge in [0.2, 0.25) is 5.89 Å². The first-order chi connectivity index (χ1) is 8.17. The van der Waals surface area contributed by atoms with Crippen molar-refractivity contribution in [2.24, 2.45) is 0 Å². The van der Waals surface area contributed by atoms with Gasteiger partial charge >= 0.3 is 0 Å². The predicted octanol–water partition coefficient (Wildman–Crippen LogP) is 1.13. The van der Waals surface area contributed by atoms with Crippen molar-refractivity contribution in [3.8, 4) is 0 Å². The Kier molecular flexibility index (Phi) is 3.17. The Bertz CT molecular complexity index is 509. The molecule has 0 radical (unpaired) electrons. The maximum absolute atomic E-state index is 4.99. The fourth-order valence-electron chi connectivity index (χ4n) is 1.36. The quantitative estimate of drug-likeness (QED) is 0.819. The van der Waals surface area contributed by atoms with Crippen molar-refractivity contribution in [2.75, 3.05) is 17.7 Å². The Morgan fingerprint density at radius 1 is 1.12 bits per heavy atom. The van der Waals surface area contributed by atoms with Gasteiger partial charge in [0, 0.05) is 13.1 Å². The molecular formula is C10H14N6O. The number of nitrogens with one attached hydrogen (secondary N) is 2. The predicted molar refractivity (Wildman–Crippen MR) is 62.7 cm³/mol. The summed E-state index contributed by atoms with van der Waals surface area (Å²) >= 11 is 0. The van der Waals surface area contributed by atoms with Crippen LogP contribution in [0.4, 0.5) is 11.6 Å². The van der Waals surface area contributed by atoms with Gasteiger partial charge in [-0.15, -0.1) is 0 Å². The second kappa shape index (κ2) is 4.77.